The monoisotopic (exact) mass is 990 g/mol. The van der Waals surface area contributed by atoms with Crippen molar-refractivity contribution in [3.05, 3.63) is 72.6 Å². The standard InChI is InChI=1S/C45H50N16O11/c1-45(2,3)72-44(67)61-18-23(35(61)40(63)50-31-15-29(33(54-52-31)41(64)70-7)48-27-13-9-11-25(36(27)68-5)38-46-21-58(4)56-38)17-60-22-47-39(57-60)26-12-10-14-28(37(26)69-6)49-30-16-32(53-55-34(30)42(65)71-8)51-43(66)59-19-24(62)20-59/h9-16,21-24,35,62H,17-20H2,1-8H3,(H2,48,50,52,63)(H2,49,51,53,66). The number of hydrogen-bond donors (Lipinski definition) is 5. The number of ether oxygens (including phenoxy) is 5. The van der Waals surface area contributed by atoms with E-state index in [0.717, 1.165) is 0 Å². The van der Waals surface area contributed by atoms with Crippen LogP contribution >= 0.6 is 0 Å². The van der Waals surface area contributed by atoms with Crippen molar-refractivity contribution < 1.29 is 52.8 Å². The minimum Gasteiger partial charge on any atom is -0.494 e. The number of aliphatic hydroxyl groups is 1. The van der Waals surface area contributed by atoms with Crippen LogP contribution in [0.15, 0.2) is 61.2 Å². The van der Waals surface area contributed by atoms with E-state index in [2.05, 4.69) is 56.7 Å². The highest BCUT2D eigenvalue weighted by Gasteiger charge is 2.48. The molecular formula is C45H50N16O11. The number of anilines is 6. The summed E-state index contributed by atoms with van der Waals surface area (Å²) < 4.78 is 30.2. The second kappa shape index (κ2) is 20.5. The van der Waals surface area contributed by atoms with Gasteiger partial charge in [-0.25, -0.2) is 29.1 Å². The van der Waals surface area contributed by atoms with Crippen LogP contribution in [0.2, 0.25) is 0 Å². The normalized spacial score (nSPS) is 15.3. The van der Waals surface area contributed by atoms with Crippen molar-refractivity contribution in [3.63, 3.8) is 0 Å². The number of carbonyl (C=O) groups excluding carboxylic acids is 5. The zero-order chi connectivity index (χ0) is 51.4. The molecule has 4 amide bonds. The highest BCUT2D eigenvalue weighted by Crippen LogP contribution is 2.39. The summed E-state index contributed by atoms with van der Waals surface area (Å²) in [5.41, 5.74) is 0.712. The number of nitrogens with one attached hydrogen (secondary N) is 4. The maximum atomic E-state index is 14.3. The summed E-state index contributed by atoms with van der Waals surface area (Å²) in [7, 11) is 7.02. The lowest BCUT2D eigenvalue weighted by Gasteiger charge is -2.46. The van der Waals surface area contributed by atoms with Crippen LogP contribution in [0.4, 0.5) is 44.0 Å². The highest BCUT2D eigenvalue weighted by molar-refractivity contribution is 6.00. The molecule has 2 atom stereocenters. The van der Waals surface area contributed by atoms with Gasteiger partial charge in [0.25, 0.3) is 0 Å². The van der Waals surface area contributed by atoms with E-state index in [1.54, 1.807) is 75.2 Å². The molecule has 6 heterocycles. The Bertz CT molecular complexity index is 3040. The smallest absolute Gasteiger partial charge is 0.410 e. The molecule has 2 unspecified atom stereocenters. The number of aryl methyl sites for hydroxylation is 1. The summed E-state index contributed by atoms with van der Waals surface area (Å²) in [4.78, 5) is 77.7. The lowest BCUT2D eigenvalue weighted by molar-refractivity contribution is -0.130. The summed E-state index contributed by atoms with van der Waals surface area (Å²) >= 11 is 0. The quantitative estimate of drug-likeness (QED) is 0.0726. The molecular weight excluding hydrogens is 941 g/mol. The van der Waals surface area contributed by atoms with Gasteiger partial charge in [0, 0.05) is 38.2 Å². The maximum Gasteiger partial charge on any atom is 0.410 e. The minimum absolute atomic E-state index is 0.0182. The Kier molecular flexibility index (Phi) is 14.1. The van der Waals surface area contributed by atoms with Crippen LogP contribution < -0.4 is 30.7 Å². The minimum atomic E-state index is -1.10. The van der Waals surface area contributed by atoms with E-state index < -0.39 is 53.6 Å². The molecule has 27 nitrogen and oxygen atoms in total. The number of rotatable bonds is 15. The van der Waals surface area contributed by atoms with Gasteiger partial charge in [0.1, 0.15) is 24.3 Å². The average Bonchev–Trinajstić information content (AvgIpc) is 3.99. The van der Waals surface area contributed by atoms with Gasteiger partial charge in [-0.1, -0.05) is 12.1 Å². The first-order valence-electron chi connectivity index (χ1n) is 22.1. The van der Waals surface area contributed by atoms with Crippen LogP contribution in [0.25, 0.3) is 22.8 Å². The first-order valence-corrected chi connectivity index (χ1v) is 22.1. The number of methoxy groups -OCH3 is 4. The van der Waals surface area contributed by atoms with E-state index in [0.29, 0.717) is 34.1 Å². The van der Waals surface area contributed by atoms with Gasteiger partial charge in [-0.2, -0.15) is 10.2 Å². The van der Waals surface area contributed by atoms with Crippen LogP contribution in [0.5, 0.6) is 11.5 Å². The topological polar surface area (TPSA) is 319 Å². The van der Waals surface area contributed by atoms with Crippen molar-refractivity contribution in [3.8, 4) is 34.3 Å². The van der Waals surface area contributed by atoms with Crippen molar-refractivity contribution in [2.24, 2.45) is 13.0 Å². The summed E-state index contributed by atoms with van der Waals surface area (Å²) in [6.07, 6.45) is 1.68. The van der Waals surface area contributed by atoms with Gasteiger partial charge >= 0.3 is 24.1 Å². The van der Waals surface area contributed by atoms with Crippen LogP contribution in [-0.4, -0.2) is 161 Å². The maximum absolute atomic E-state index is 14.3. The summed E-state index contributed by atoms with van der Waals surface area (Å²) in [6.45, 7) is 5.67. The molecule has 5 N–H and O–H groups in total. The van der Waals surface area contributed by atoms with Crippen LogP contribution in [0.3, 0.4) is 0 Å². The third kappa shape index (κ3) is 10.6. The largest absolute Gasteiger partial charge is 0.494 e. The number of benzene rings is 2. The van der Waals surface area contributed by atoms with Crippen LogP contribution in [-0.2, 0) is 32.6 Å². The summed E-state index contributed by atoms with van der Waals surface area (Å²) in [5.74, 6) is -1.58. The Balaban J connectivity index is 1.03. The third-order valence-corrected chi connectivity index (χ3v) is 11.1. The molecule has 2 fully saturated rings. The number of para-hydroxylation sites is 2. The molecule has 2 aliphatic heterocycles. The van der Waals surface area contributed by atoms with Crippen LogP contribution in [0.1, 0.15) is 41.7 Å². The van der Waals surface area contributed by atoms with E-state index in [1.807, 2.05) is 0 Å². The van der Waals surface area contributed by atoms with Crippen molar-refractivity contribution in [1.29, 1.82) is 0 Å². The number of aromatic nitrogens is 10. The Morgan fingerprint density at radius 2 is 1.25 bits per heavy atom. The first-order chi connectivity index (χ1) is 34.5. The molecule has 6 aromatic rings. The molecule has 0 saturated carbocycles. The molecule has 4 aromatic heterocycles. The molecule has 72 heavy (non-hydrogen) atoms. The number of esters is 2. The zero-order valence-electron chi connectivity index (χ0n) is 40.2. The molecule has 2 aromatic carbocycles. The number of hydrogen-bond acceptors (Lipinski definition) is 21. The van der Waals surface area contributed by atoms with Crippen molar-refractivity contribution in [1.82, 2.24) is 59.7 Å². The fourth-order valence-corrected chi connectivity index (χ4v) is 7.77. The fourth-order valence-electron chi connectivity index (χ4n) is 7.77. The Hall–Kier alpha value is -9.01. The SMILES string of the molecule is COC(=O)c1nnc(NC(=O)C2C(Cn3cnc(-c4cccc(Nc5cc(NC(=O)N6CC(O)C6)nnc5C(=O)OC)c4OC)n3)CN2C(=O)OC(C)(C)C)cc1Nc1cccc(-c2ncn(C)n2)c1OC. The molecule has 2 saturated heterocycles. The second-order valence-corrected chi connectivity index (χ2v) is 17.3. The number of amides is 4. The van der Waals surface area contributed by atoms with Crippen molar-refractivity contribution >= 4 is 64.4 Å². The van der Waals surface area contributed by atoms with Crippen molar-refractivity contribution in [2.75, 3.05) is 69.3 Å². The lowest BCUT2D eigenvalue weighted by atomic mass is 9.88. The molecule has 2 aliphatic rings. The van der Waals surface area contributed by atoms with E-state index in [1.165, 1.54) is 61.4 Å². The molecule has 0 bridgehead atoms. The van der Waals surface area contributed by atoms with Gasteiger partial charge in [-0.05, 0) is 45.0 Å². The van der Waals surface area contributed by atoms with E-state index in [4.69, 9.17) is 28.8 Å². The number of carbonyl (C=O) groups is 5. The predicted molar refractivity (Wildman–Crippen MR) is 254 cm³/mol. The molecule has 0 aliphatic carbocycles. The molecule has 0 spiro atoms. The van der Waals surface area contributed by atoms with Gasteiger partial charge in [-0.3, -0.25) is 24.4 Å². The Morgan fingerprint density at radius 3 is 1.75 bits per heavy atom. The first kappa shape index (κ1) is 49.4. The van der Waals surface area contributed by atoms with Gasteiger partial charge in [-0.15, -0.1) is 20.4 Å². The van der Waals surface area contributed by atoms with Gasteiger partial charge in [0.2, 0.25) is 5.91 Å². The average molecular weight is 991 g/mol. The Labute approximate surface area is 410 Å². The Morgan fingerprint density at radius 1 is 0.708 bits per heavy atom. The van der Waals surface area contributed by atoms with Gasteiger partial charge < -0.3 is 49.6 Å². The summed E-state index contributed by atoms with van der Waals surface area (Å²) in [6, 6.07) is 11.5. The zero-order valence-corrected chi connectivity index (χ0v) is 40.2. The van der Waals surface area contributed by atoms with Gasteiger partial charge in [0.05, 0.1) is 81.5 Å². The molecule has 27 heteroatoms. The fraction of sp³-hybridized carbons (Fsp3) is 0.356. The number of β-amino-alcohol motifs (C(OH)–C–C–N with tert-alkyl or cyclic N) is 1. The second-order valence-electron chi connectivity index (χ2n) is 17.3. The number of nitrogens with zero attached hydrogens (tertiary/aromatic N) is 12. The summed E-state index contributed by atoms with van der Waals surface area (Å²) in [5, 5.41) is 46.5. The highest BCUT2D eigenvalue weighted by atomic mass is 16.6. The molecule has 0 radical (unpaired) electrons. The van der Waals surface area contributed by atoms with E-state index >= 15 is 0 Å². The third-order valence-electron chi connectivity index (χ3n) is 11.1. The lowest BCUT2D eigenvalue weighted by Crippen LogP contribution is -2.65. The van der Waals surface area contributed by atoms with E-state index in [9.17, 15) is 29.1 Å². The molecule has 376 valence electrons. The van der Waals surface area contributed by atoms with E-state index in [-0.39, 0.29) is 72.2 Å². The number of aliphatic hydroxyl groups excluding tert-OH is 1. The molecule has 8 rings (SSSR count). The number of urea groups is 1. The number of likely N-dealkylation sites (tertiary alicyclic amines) is 2. The van der Waals surface area contributed by atoms with Gasteiger partial charge in [0.15, 0.2) is 46.2 Å². The van der Waals surface area contributed by atoms with Crippen molar-refractivity contribution in [2.45, 2.75) is 45.1 Å². The van der Waals surface area contributed by atoms with Crippen LogP contribution in [0, 0.1) is 5.92 Å². The predicted octanol–water partition coefficient (Wildman–Crippen LogP) is 3.48.